The van der Waals surface area contributed by atoms with Gasteiger partial charge in [-0.25, -0.2) is 0 Å². The minimum atomic E-state index is -7.42. The van der Waals surface area contributed by atoms with Crippen molar-refractivity contribution in [3.63, 3.8) is 0 Å². The van der Waals surface area contributed by atoms with Crippen molar-refractivity contribution in [2.45, 2.75) is 0 Å². The zero-order chi connectivity index (χ0) is 18.0. The second kappa shape index (κ2) is 6.24. The number of halogens is 3. The fourth-order valence-corrected chi connectivity index (χ4v) is 3.23. The van der Waals surface area contributed by atoms with Gasteiger partial charge < -0.3 is 0 Å². The number of nitrogens with zero attached hydrogens (tertiary/aromatic N) is 2. The van der Waals surface area contributed by atoms with Crippen LogP contribution in [0.5, 0.6) is 0 Å². The quantitative estimate of drug-likeness (QED) is 0.753. The van der Waals surface area contributed by atoms with E-state index in [9.17, 15) is 22.2 Å². The number of amides is 2. The first kappa shape index (κ1) is 17.9. The zero-order valence-corrected chi connectivity index (χ0v) is 14.0. The number of hydrogen-bond acceptors (Lipinski definition) is 2. The van der Waals surface area contributed by atoms with Crippen LogP contribution in [0, 0.1) is 0 Å². The standard InChI is InChI=1S/C16H16F3N2O2P/c1-20(15(22)13-9-5-3-6-10-13)24(17,18,19)21(2)16(23)14-11-7-4-8-12-14/h3-12H,1-2H3. The zero-order valence-electron chi connectivity index (χ0n) is 13.1. The van der Waals surface area contributed by atoms with Gasteiger partial charge in [-0.05, 0) is 0 Å². The van der Waals surface area contributed by atoms with Crippen molar-refractivity contribution in [2.75, 3.05) is 14.1 Å². The van der Waals surface area contributed by atoms with E-state index in [1.54, 1.807) is 12.1 Å². The van der Waals surface area contributed by atoms with Gasteiger partial charge in [-0.3, -0.25) is 0 Å². The molecule has 2 rings (SSSR count). The van der Waals surface area contributed by atoms with Crippen LogP contribution in [0.4, 0.5) is 12.6 Å². The summed E-state index contributed by atoms with van der Waals surface area (Å²) in [5, 5.41) is 0. The Morgan fingerprint density at radius 3 is 1.29 bits per heavy atom. The van der Waals surface area contributed by atoms with Crippen LogP contribution in [-0.2, 0) is 0 Å². The monoisotopic (exact) mass is 356 g/mol. The molecule has 0 saturated carbocycles. The number of carbonyl (C=O) groups excluding carboxylic acids is 2. The van der Waals surface area contributed by atoms with E-state index < -0.39 is 19.7 Å². The molecule has 0 unspecified atom stereocenters. The molecule has 2 aromatic carbocycles. The van der Waals surface area contributed by atoms with Crippen LogP contribution in [0.15, 0.2) is 60.7 Å². The van der Waals surface area contributed by atoms with Gasteiger partial charge in [-0.2, -0.15) is 0 Å². The predicted octanol–water partition coefficient (Wildman–Crippen LogP) is 4.57. The Labute approximate surface area is 137 Å². The first-order chi connectivity index (χ1) is 11.1. The summed E-state index contributed by atoms with van der Waals surface area (Å²) in [6.45, 7) is 0. The fourth-order valence-electron chi connectivity index (χ4n) is 2.02. The maximum absolute atomic E-state index is 14.6. The van der Waals surface area contributed by atoms with E-state index in [1.165, 1.54) is 48.5 Å². The molecule has 0 fully saturated rings. The van der Waals surface area contributed by atoms with Crippen molar-refractivity contribution in [1.82, 2.24) is 9.34 Å². The van der Waals surface area contributed by atoms with Crippen molar-refractivity contribution < 1.29 is 22.2 Å². The van der Waals surface area contributed by atoms with Crippen LogP contribution in [0.1, 0.15) is 20.7 Å². The molecule has 0 aromatic heterocycles. The molecule has 0 spiro atoms. The Kier molecular flexibility index (Phi) is 4.67. The van der Waals surface area contributed by atoms with E-state index in [-0.39, 0.29) is 20.5 Å². The van der Waals surface area contributed by atoms with Crippen LogP contribution in [-0.4, -0.2) is 35.3 Å². The molecule has 4 nitrogen and oxygen atoms in total. The molecule has 2 aromatic rings. The van der Waals surface area contributed by atoms with Crippen LogP contribution < -0.4 is 0 Å². The third kappa shape index (κ3) is 3.26. The Bertz CT molecular complexity index is 687. The molecule has 24 heavy (non-hydrogen) atoms. The van der Waals surface area contributed by atoms with Crippen molar-refractivity contribution in [1.29, 1.82) is 0 Å². The maximum atomic E-state index is 14.6. The molecular formula is C16H16F3N2O2P. The third-order valence-electron chi connectivity index (χ3n) is 3.58. The average molecular weight is 356 g/mol. The Hall–Kier alpha value is -2.40. The molecule has 0 heterocycles. The molecule has 0 radical (unpaired) electrons. The summed E-state index contributed by atoms with van der Waals surface area (Å²) in [4.78, 5) is 24.3. The van der Waals surface area contributed by atoms with E-state index >= 15 is 0 Å². The molecule has 0 aliphatic heterocycles. The van der Waals surface area contributed by atoms with Crippen molar-refractivity contribution in [3.8, 4) is 0 Å². The Morgan fingerprint density at radius 2 is 1.00 bits per heavy atom. The van der Waals surface area contributed by atoms with Gasteiger partial charge in [0.15, 0.2) is 0 Å². The molecule has 0 bridgehead atoms. The minimum absolute atomic E-state index is 0.0949. The van der Waals surface area contributed by atoms with Gasteiger partial charge in [0.25, 0.3) is 0 Å². The van der Waals surface area contributed by atoms with Crippen LogP contribution >= 0.6 is 7.84 Å². The SMILES string of the molecule is CN(C(=O)c1ccccc1)P(F)(F)(F)N(C)C(=O)c1ccccc1. The summed E-state index contributed by atoms with van der Waals surface area (Å²) in [5.41, 5.74) is -0.190. The van der Waals surface area contributed by atoms with E-state index in [1.807, 2.05) is 0 Å². The Balaban J connectivity index is 2.34. The van der Waals surface area contributed by atoms with E-state index in [0.717, 1.165) is 0 Å². The van der Waals surface area contributed by atoms with Crippen LogP contribution in [0.2, 0.25) is 0 Å². The summed E-state index contributed by atoms with van der Waals surface area (Å²) in [7, 11) is -6.11. The number of hydrogen-bond donors (Lipinski definition) is 0. The summed E-state index contributed by atoms with van der Waals surface area (Å²) in [6.07, 6.45) is 0. The molecular weight excluding hydrogens is 340 g/mol. The van der Waals surface area contributed by atoms with E-state index in [0.29, 0.717) is 14.1 Å². The van der Waals surface area contributed by atoms with Crippen LogP contribution in [0.3, 0.4) is 0 Å². The molecule has 0 saturated heterocycles. The average Bonchev–Trinajstić information content (AvgIpc) is 2.60. The predicted molar refractivity (Wildman–Crippen MR) is 87.3 cm³/mol. The normalized spacial score (nSPS) is 12.8. The first-order valence-electron chi connectivity index (χ1n) is 6.98. The molecule has 0 aliphatic rings. The van der Waals surface area contributed by atoms with Gasteiger partial charge >= 0.3 is 137 Å². The van der Waals surface area contributed by atoms with E-state index in [4.69, 9.17) is 0 Å². The topological polar surface area (TPSA) is 40.6 Å². The number of rotatable bonds is 4. The second-order valence-electron chi connectivity index (χ2n) is 5.12. The van der Waals surface area contributed by atoms with Gasteiger partial charge in [-0.15, -0.1) is 0 Å². The summed E-state index contributed by atoms with van der Waals surface area (Å²) in [6, 6.07) is 14.3. The third-order valence-corrected chi connectivity index (χ3v) is 5.84. The number of carbonyl (C=O) groups is 2. The molecule has 0 aliphatic carbocycles. The van der Waals surface area contributed by atoms with Gasteiger partial charge in [-0.1, -0.05) is 0 Å². The van der Waals surface area contributed by atoms with Crippen LogP contribution in [0.25, 0.3) is 0 Å². The molecule has 128 valence electrons. The molecule has 2 amide bonds. The summed E-state index contributed by atoms with van der Waals surface area (Å²) < 4.78 is 43.4. The van der Waals surface area contributed by atoms with Gasteiger partial charge in [0.05, 0.1) is 0 Å². The van der Waals surface area contributed by atoms with Gasteiger partial charge in [0.2, 0.25) is 0 Å². The Morgan fingerprint density at radius 1 is 0.708 bits per heavy atom. The second-order valence-corrected chi connectivity index (χ2v) is 7.79. The van der Waals surface area contributed by atoms with Gasteiger partial charge in [0.1, 0.15) is 0 Å². The fraction of sp³-hybridized carbons (Fsp3) is 0.125. The summed E-state index contributed by atoms with van der Waals surface area (Å²) >= 11 is 0. The van der Waals surface area contributed by atoms with Crippen molar-refractivity contribution >= 4 is 19.7 Å². The summed E-state index contributed by atoms with van der Waals surface area (Å²) in [5.74, 6) is -2.40. The van der Waals surface area contributed by atoms with Crippen molar-refractivity contribution in [2.24, 2.45) is 0 Å². The molecule has 0 N–H and O–H groups in total. The molecule has 0 atom stereocenters. The molecule has 8 heteroatoms. The van der Waals surface area contributed by atoms with E-state index in [2.05, 4.69) is 0 Å². The van der Waals surface area contributed by atoms with Gasteiger partial charge in [0, 0.05) is 0 Å². The van der Waals surface area contributed by atoms with Crippen molar-refractivity contribution in [3.05, 3.63) is 71.8 Å². The first-order valence-corrected chi connectivity index (χ1v) is 8.79. The number of benzene rings is 2.